The zero-order valence-electron chi connectivity index (χ0n) is 19.1. The maximum atomic E-state index is 13.4. The van der Waals surface area contributed by atoms with Gasteiger partial charge in [0.15, 0.2) is 0 Å². The number of likely N-dealkylation sites (N-methyl/N-ethyl adjacent to an activating group) is 1. The normalized spacial score (nSPS) is 18.8. The maximum absolute atomic E-state index is 13.4. The quantitative estimate of drug-likeness (QED) is 0.642. The lowest BCUT2D eigenvalue weighted by atomic mass is 10.1. The number of nitrogens with zero attached hydrogens (tertiary/aromatic N) is 4. The molecular weight excluding hydrogens is 413 g/mol. The lowest BCUT2D eigenvalue weighted by Crippen LogP contribution is -2.37. The number of hydrogen-bond donors (Lipinski definition) is 1. The summed E-state index contributed by atoms with van der Waals surface area (Å²) in [5, 5.41) is 7.21. The molecule has 1 aromatic carbocycles. The molecule has 1 aromatic heterocycles. The molecule has 9 heteroatoms. The summed E-state index contributed by atoms with van der Waals surface area (Å²) in [7, 11) is 3.43. The third-order valence-corrected chi connectivity index (χ3v) is 5.46. The van der Waals surface area contributed by atoms with Crippen molar-refractivity contribution in [2.24, 2.45) is 5.92 Å². The number of amides is 2. The van der Waals surface area contributed by atoms with Crippen LogP contribution in [-0.2, 0) is 9.53 Å². The molecule has 0 saturated carbocycles. The van der Waals surface area contributed by atoms with Crippen molar-refractivity contribution in [1.29, 1.82) is 0 Å². The molecule has 1 aliphatic heterocycles. The minimum Gasteiger partial charge on any atom is -0.370 e. The van der Waals surface area contributed by atoms with Gasteiger partial charge in [-0.1, -0.05) is 19.9 Å². The first-order chi connectivity index (χ1) is 15.2. The summed E-state index contributed by atoms with van der Waals surface area (Å²) < 4.78 is 20.9. The van der Waals surface area contributed by atoms with Gasteiger partial charge in [0.1, 0.15) is 12.4 Å². The van der Waals surface area contributed by atoms with Crippen LogP contribution in [0.1, 0.15) is 36.7 Å². The highest BCUT2D eigenvalue weighted by atomic mass is 19.1. The Morgan fingerprint density at radius 2 is 2.12 bits per heavy atom. The number of halogens is 1. The van der Waals surface area contributed by atoms with E-state index in [0.717, 1.165) is 19.5 Å². The Morgan fingerprint density at radius 3 is 2.81 bits per heavy atom. The van der Waals surface area contributed by atoms with E-state index in [2.05, 4.69) is 29.2 Å². The predicted octanol–water partition coefficient (Wildman–Crippen LogP) is 2.65. The first-order valence-electron chi connectivity index (χ1n) is 10.9. The van der Waals surface area contributed by atoms with Gasteiger partial charge in [-0.15, -0.1) is 0 Å². The zero-order valence-corrected chi connectivity index (χ0v) is 19.1. The van der Waals surface area contributed by atoms with E-state index in [4.69, 9.17) is 4.74 Å². The van der Waals surface area contributed by atoms with Crippen LogP contribution in [-0.4, -0.2) is 77.8 Å². The molecular formula is C23H32FN5O3. The highest BCUT2D eigenvalue weighted by molar-refractivity contribution is 6.04. The molecule has 1 N–H and O–H groups in total. The van der Waals surface area contributed by atoms with E-state index in [0.29, 0.717) is 18.2 Å². The summed E-state index contributed by atoms with van der Waals surface area (Å²) >= 11 is 0. The van der Waals surface area contributed by atoms with Crippen molar-refractivity contribution < 1.29 is 18.7 Å². The molecule has 8 nitrogen and oxygen atoms in total. The molecule has 174 valence electrons. The maximum Gasteiger partial charge on any atom is 0.255 e. The number of rotatable bonds is 9. The summed E-state index contributed by atoms with van der Waals surface area (Å²) in [4.78, 5) is 28.1. The van der Waals surface area contributed by atoms with Gasteiger partial charge in [-0.25, -0.2) is 4.39 Å². The van der Waals surface area contributed by atoms with Crippen LogP contribution in [0.3, 0.4) is 0 Å². The second-order valence-corrected chi connectivity index (χ2v) is 8.87. The Kier molecular flexibility index (Phi) is 7.98. The lowest BCUT2D eigenvalue weighted by Gasteiger charge is -2.25. The van der Waals surface area contributed by atoms with Gasteiger partial charge < -0.3 is 15.0 Å². The minimum atomic E-state index is -0.454. The minimum absolute atomic E-state index is 0.0549. The molecule has 0 aliphatic carbocycles. The summed E-state index contributed by atoms with van der Waals surface area (Å²) in [6.45, 7) is 6.64. The molecule has 0 radical (unpaired) electrons. The van der Waals surface area contributed by atoms with Crippen molar-refractivity contribution >= 4 is 17.5 Å². The summed E-state index contributed by atoms with van der Waals surface area (Å²) in [5.74, 6) is -0.391. The number of benzene rings is 1. The number of aromatic nitrogens is 2. The molecule has 1 fully saturated rings. The van der Waals surface area contributed by atoms with E-state index in [1.54, 1.807) is 32.6 Å². The molecule has 0 spiro atoms. The van der Waals surface area contributed by atoms with Gasteiger partial charge in [-0.3, -0.25) is 19.2 Å². The first-order valence-corrected chi connectivity index (χ1v) is 10.9. The number of anilines is 1. The van der Waals surface area contributed by atoms with Gasteiger partial charge in [-0.05, 0) is 30.5 Å². The Labute approximate surface area is 188 Å². The van der Waals surface area contributed by atoms with Gasteiger partial charge in [0.05, 0.1) is 24.5 Å². The summed E-state index contributed by atoms with van der Waals surface area (Å²) in [5.41, 5.74) is 0.817. The standard InChI is InChI=1S/C23H32FN5O3/c1-16(2)11-28-13-20(9-21(28)14-32-15-22(30)27(3)4)29-12-19(10-25-29)26-23(31)17-6-5-7-18(24)8-17/h5-8,10,12,16,20-21H,9,11,13-15H2,1-4H3,(H,26,31)/t20-,21-/m0/s1. The van der Waals surface area contributed by atoms with E-state index < -0.39 is 5.82 Å². The van der Waals surface area contributed by atoms with Crippen molar-refractivity contribution in [2.75, 3.05) is 45.7 Å². The number of carbonyl (C=O) groups excluding carboxylic acids is 2. The predicted molar refractivity (Wildman–Crippen MR) is 120 cm³/mol. The third-order valence-electron chi connectivity index (χ3n) is 5.46. The van der Waals surface area contributed by atoms with E-state index >= 15 is 0 Å². The molecule has 0 bridgehead atoms. The number of ether oxygens (including phenoxy) is 1. The van der Waals surface area contributed by atoms with Crippen molar-refractivity contribution in [2.45, 2.75) is 32.4 Å². The highest BCUT2D eigenvalue weighted by Crippen LogP contribution is 2.29. The van der Waals surface area contributed by atoms with Gasteiger partial charge in [0.2, 0.25) is 5.91 Å². The Hall–Kier alpha value is -2.78. The van der Waals surface area contributed by atoms with E-state index in [1.807, 2.05) is 4.68 Å². The van der Waals surface area contributed by atoms with Crippen molar-refractivity contribution in [3.63, 3.8) is 0 Å². The van der Waals surface area contributed by atoms with Gasteiger partial charge >= 0.3 is 0 Å². The second kappa shape index (κ2) is 10.7. The number of hydrogen-bond acceptors (Lipinski definition) is 5. The SMILES string of the molecule is CC(C)CN1C[C@@H](n2cc(NC(=O)c3cccc(F)c3)cn2)C[C@H]1COCC(=O)N(C)C. The van der Waals surface area contributed by atoms with Crippen LogP contribution in [0.5, 0.6) is 0 Å². The molecule has 2 atom stereocenters. The van der Waals surface area contributed by atoms with Crippen LogP contribution in [0.25, 0.3) is 0 Å². The molecule has 0 unspecified atom stereocenters. The molecule has 1 saturated heterocycles. The molecule has 2 amide bonds. The van der Waals surface area contributed by atoms with E-state index in [9.17, 15) is 14.0 Å². The Bertz CT molecular complexity index is 930. The monoisotopic (exact) mass is 445 g/mol. The smallest absolute Gasteiger partial charge is 0.255 e. The molecule has 2 heterocycles. The second-order valence-electron chi connectivity index (χ2n) is 8.87. The molecule has 3 rings (SSSR count). The first kappa shape index (κ1) is 23.9. The van der Waals surface area contributed by atoms with Crippen LogP contribution in [0.4, 0.5) is 10.1 Å². The fraction of sp³-hybridized carbons (Fsp3) is 0.522. The lowest BCUT2D eigenvalue weighted by molar-refractivity contribution is -0.134. The van der Waals surface area contributed by atoms with Crippen molar-refractivity contribution in [3.05, 3.63) is 48.0 Å². The summed E-state index contributed by atoms with van der Waals surface area (Å²) in [6.07, 6.45) is 4.24. The van der Waals surface area contributed by atoms with Crippen LogP contribution in [0, 0.1) is 11.7 Å². The van der Waals surface area contributed by atoms with Crippen LogP contribution in [0.2, 0.25) is 0 Å². The largest absolute Gasteiger partial charge is 0.370 e. The highest BCUT2D eigenvalue weighted by Gasteiger charge is 2.34. The van der Waals surface area contributed by atoms with Gasteiger partial charge in [-0.2, -0.15) is 5.10 Å². The van der Waals surface area contributed by atoms with Gasteiger partial charge in [0.25, 0.3) is 5.91 Å². The Balaban J connectivity index is 1.61. The van der Waals surface area contributed by atoms with Crippen LogP contribution >= 0.6 is 0 Å². The van der Waals surface area contributed by atoms with E-state index in [1.165, 1.54) is 23.1 Å². The number of nitrogens with one attached hydrogen (secondary N) is 1. The summed E-state index contributed by atoms with van der Waals surface area (Å²) in [6, 6.07) is 5.89. The molecule has 32 heavy (non-hydrogen) atoms. The van der Waals surface area contributed by atoms with Crippen molar-refractivity contribution in [3.8, 4) is 0 Å². The van der Waals surface area contributed by atoms with Crippen LogP contribution < -0.4 is 5.32 Å². The molecule has 2 aromatic rings. The fourth-order valence-electron chi connectivity index (χ4n) is 3.86. The number of likely N-dealkylation sites (tertiary alicyclic amines) is 1. The van der Waals surface area contributed by atoms with Gasteiger partial charge in [0, 0.05) is 45.0 Å². The van der Waals surface area contributed by atoms with E-state index in [-0.39, 0.29) is 36.1 Å². The Morgan fingerprint density at radius 1 is 1.34 bits per heavy atom. The average Bonchev–Trinajstić information content (AvgIpc) is 3.34. The third kappa shape index (κ3) is 6.37. The van der Waals surface area contributed by atoms with Crippen molar-refractivity contribution in [1.82, 2.24) is 19.6 Å². The topological polar surface area (TPSA) is 79.7 Å². The molecule has 1 aliphatic rings. The zero-order chi connectivity index (χ0) is 23.3. The number of carbonyl (C=O) groups is 2. The van der Waals surface area contributed by atoms with Crippen LogP contribution in [0.15, 0.2) is 36.7 Å². The average molecular weight is 446 g/mol. The fourth-order valence-corrected chi connectivity index (χ4v) is 3.86.